The molecule has 0 aliphatic rings. The van der Waals surface area contributed by atoms with E-state index >= 15 is 0 Å². The maximum Gasteiger partial charge on any atom is 0.241 e. The van der Waals surface area contributed by atoms with Crippen LogP contribution in [0, 0.1) is 6.92 Å². The zero-order valence-corrected chi connectivity index (χ0v) is 14.9. The fourth-order valence-electron chi connectivity index (χ4n) is 2.93. The first-order valence-electron chi connectivity index (χ1n) is 7.92. The van der Waals surface area contributed by atoms with Gasteiger partial charge in [-0.3, -0.25) is 0 Å². The predicted molar refractivity (Wildman–Crippen MR) is 97.6 cm³/mol. The van der Waals surface area contributed by atoms with Gasteiger partial charge < -0.3 is 4.98 Å². The molecule has 3 aromatic rings. The number of sulfonamides is 1. The second-order valence-electron chi connectivity index (χ2n) is 6.84. The van der Waals surface area contributed by atoms with E-state index in [9.17, 15) is 8.42 Å². The topological polar surface area (TPSA) is 62.0 Å². The summed E-state index contributed by atoms with van der Waals surface area (Å²) in [5, 5.41) is 1.13. The average Bonchev–Trinajstić information content (AvgIpc) is 2.89. The number of para-hydroxylation sites is 1. The lowest BCUT2D eigenvalue weighted by molar-refractivity contribution is 0.451. The Labute approximate surface area is 143 Å². The van der Waals surface area contributed by atoms with Crippen molar-refractivity contribution in [1.82, 2.24) is 9.71 Å². The van der Waals surface area contributed by atoms with Gasteiger partial charge in [0.15, 0.2) is 0 Å². The lowest BCUT2D eigenvalue weighted by Crippen LogP contribution is -2.44. The summed E-state index contributed by atoms with van der Waals surface area (Å²) in [7, 11) is -3.55. The third kappa shape index (κ3) is 3.52. The molecule has 0 atom stereocenters. The van der Waals surface area contributed by atoms with E-state index in [1.54, 1.807) is 24.3 Å². The van der Waals surface area contributed by atoms with E-state index in [0.717, 1.165) is 22.0 Å². The van der Waals surface area contributed by atoms with Gasteiger partial charge in [-0.2, -0.15) is 0 Å². The number of H-pyrrole nitrogens is 1. The van der Waals surface area contributed by atoms with E-state index in [2.05, 4.69) is 9.71 Å². The molecule has 3 rings (SSSR count). The first kappa shape index (κ1) is 16.7. The van der Waals surface area contributed by atoms with E-state index in [1.807, 2.05) is 51.2 Å². The number of aryl methyl sites for hydroxylation is 1. The van der Waals surface area contributed by atoms with E-state index in [1.165, 1.54) is 0 Å². The van der Waals surface area contributed by atoms with Gasteiger partial charge in [0.05, 0.1) is 4.90 Å². The molecule has 126 valence electrons. The maximum atomic E-state index is 12.6. The molecule has 0 unspecified atom stereocenters. The van der Waals surface area contributed by atoms with Crippen LogP contribution in [-0.2, 0) is 16.4 Å². The Morgan fingerprint density at radius 1 is 1.04 bits per heavy atom. The summed E-state index contributed by atoms with van der Waals surface area (Å²) >= 11 is 0. The van der Waals surface area contributed by atoms with Crippen LogP contribution < -0.4 is 4.72 Å². The zero-order chi connectivity index (χ0) is 17.4. The number of benzene rings is 2. The standard InChI is InChI=1S/C19H22N2O2S/c1-14-8-10-16(11-9-14)24(22,23)21-19(2,3)12-15-13-20-18-7-5-4-6-17(15)18/h4-11,13,20-21H,12H2,1-3H3. The smallest absolute Gasteiger partial charge is 0.241 e. The van der Waals surface area contributed by atoms with Crippen LogP contribution >= 0.6 is 0 Å². The van der Waals surface area contributed by atoms with Gasteiger partial charge in [0.1, 0.15) is 0 Å². The summed E-state index contributed by atoms with van der Waals surface area (Å²) in [6, 6.07) is 14.9. The third-order valence-corrected chi connectivity index (χ3v) is 5.76. The van der Waals surface area contributed by atoms with Gasteiger partial charge in [0.25, 0.3) is 0 Å². The number of hydrogen-bond acceptors (Lipinski definition) is 2. The van der Waals surface area contributed by atoms with E-state index in [-0.39, 0.29) is 0 Å². The molecular formula is C19H22N2O2S. The van der Waals surface area contributed by atoms with Gasteiger partial charge in [-0.15, -0.1) is 0 Å². The van der Waals surface area contributed by atoms with Crippen molar-refractivity contribution in [3.05, 3.63) is 65.9 Å². The molecule has 0 radical (unpaired) electrons. The lowest BCUT2D eigenvalue weighted by Gasteiger charge is -2.26. The summed E-state index contributed by atoms with van der Waals surface area (Å²) < 4.78 is 28.1. The minimum Gasteiger partial charge on any atom is -0.361 e. The molecule has 4 nitrogen and oxygen atoms in total. The highest BCUT2D eigenvalue weighted by Gasteiger charge is 2.27. The number of nitrogens with one attached hydrogen (secondary N) is 2. The van der Waals surface area contributed by atoms with Crippen molar-refractivity contribution in [2.24, 2.45) is 0 Å². The summed E-state index contributed by atoms with van der Waals surface area (Å²) in [6.45, 7) is 5.74. The largest absolute Gasteiger partial charge is 0.361 e. The molecule has 0 saturated carbocycles. The zero-order valence-electron chi connectivity index (χ0n) is 14.1. The van der Waals surface area contributed by atoms with Gasteiger partial charge in [0.2, 0.25) is 10.0 Å². The molecule has 0 amide bonds. The van der Waals surface area contributed by atoms with Crippen LogP contribution in [0.25, 0.3) is 10.9 Å². The molecule has 0 aliphatic carbocycles. The Morgan fingerprint density at radius 3 is 2.42 bits per heavy atom. The molecule has 1 heterocycles. The highest BCUT2D eigenvalue weighted by atomic mass is 32.2. The molecule has 0 saturated heterocycles. The molecule has 5 heteroatoms. The summed E-state index contributed by atoms with van der Waals surface area (Å²) in [5.74, 6) is 0. The average molecular weight is 342 g/mol. The van der Waals surface area contributed by atoms with Crippen LogP contribution in [0.3, 0.4) is 0 Å². The molecule has 1 aromatic heterocycles. The van der Waals surface area contributed by atoms with Crippen LogP contribution in [0.2, 0.25) is 0 Å². The first-order valence-corrected chi connectivity index (χ1v) is 9.41. The van der Waals surface area contributed by atoms with Crippen LogP contribution in [0.15, 0.2) is 59.6 Å². The monoisotopic (exact) mass is 342 g/mol. The summed E-state index contributed by atoms with van der Waals surface area (Å²) in [5.41, 5.74) is 2.59. The van der Waals surface area contributed by atoms with Crippen molar-refractivity contribution in [2.45, 2.75) is 37.6 Å². The molecule has 0 aliphatic heterocycles. The highest BCUT2D eigenvalue weighted by molar-refractivity contribution is 7.89. The molecule has 2 aromatic carbocycles. The lowest BCUT2D eigenvalue weighted by atomic mass is 9.96. The van der Waals surface area contributed by atoms with Crippen molar-refractivity contribution in [2.75, 3.05) is 0 Å². The van der Waals surface area contributed by atoms with Crippen molar-refractivity contribution in [3.8, 4) is 0 Å². The predicted octanol–water partition coefficient (Wildman–Crippen LogP) is 3.78. The van der Waals surface area contributed by atoms with Gasteiger partial charge >= 0.3 is 0 Å². The minimum atomic E-state index is -3.55. The number of fused-ring (bicyclic) bond motifs is 1. The minimum absolute atomic E-state index is 0.292. The maximum absolute atomic E-state index is 12.6. The first-order chi connectivity index (χ1) is 11.3. The fraction of sp³-hybridized carbons (Fsp3) is 0.263. The van der Waals surface area contributed by atoms with Crippen LogP contribution in [0.4, 0.5) is 0 Å². The number of aromatic nitrogens is 1. The second kappa shape index (κ2) is 6.07. The summed E-state index contributed by atoms with van der Waals surface area (Å²) in [4.78, 5) is 3.53. The van der Waals surface area contributed by atoms with Crippen LogP contribution in [0.5, 0.6) is 0 Å². The van der Waals surface area contributed by atoms with Gasteiger partial charge in [0, 0.05) is 22.6 Å². The second-order valence-corrected chi connectivity index (χ2v) is 8.52. The van der Waals surface area contributed by atoms with E-state index in [0.29, 0.717) is 11.3 Å². The van der Waals surface area contributed by atoms with Gasteiger partial charge in [-0.25, -0.2) is 13.1 Å². The molecule has 0 bridgehead atoms. The van der Waals surface area contributed by atoms with Crippen molar-refractivity contribution >= 4 is 20.9 Å². The van der Waals surface area contributed by atoms with Crippen LogP contribution in [0.1, 0.15) is 25.0 Å². The normalized spacial score (nSPS) is 12.6. The Bertz CT molecular complexity index is 954. The molecule has 24 heavy (non-hydrogen) atoms. The quantitative estimate of drug-likeness (QED) is 0.741. The van der Waals surface area contributed by atoms with E-state index in [4.69, 9.17) is 0 Å². The fourth-order valence-corrected chi connectivity index (χ4v) is 4.34. The number of aromatic amines is 1. The van der Waals surface area contributed by atoms with Gasteiger partial charge in [-0.1, -0.05) is 35.9 Å². The molecule has 0 fully saturated rings. The Balaban J connectivity index is 1.84. The molecule has 2 N–H and O–H groups in total. The SMILES string of the molecule is Cc1ccc(S(=O)(=O)NC(C)(C)Cc2c[nH]c3ccccc23)cc1. The Hall–Kier alpha value is -2.11. The third-order valence-electron chi connectivity index (χ3n) is 4.05. The van der Waals surface area contributed by atoms with Crippen molar-refractivity contribution in [1.29, 1.82) is 0 Å². The molecule has 0 spiro atoms. The summed E-state index contributed by atoms with van der Waals surface area (Å²) in [6.07, 6.45) is 2.55. The number of rotatable bonds is 5. The van der Waals surface area contributed by atoms with Gasteiger partial charge in [-0.05, 0) is 51.0 Å². The molecular weight excluding hydrogens is 320 g/mol. The highest BCUT2D eigenvalue weighted by Crippen LogP contribution is 2.23. The number of hydrogen-bond donors (Lipinski definition) is 2. The van der Waals surface area contributed by atoms with Crippen molar-refractivity contribution in [3.63, 3.8) is 0 Å². The van der Waals surface area contributed by atoms with Crippen molar-refractivity contribution < 1.29 is 8.42 Å². The van der Waals surface area contributed by atoms with Crippen LogP contribution in [-0.4, -0.2) is 18.9 Å². The Kier molecular flexibility index (Phi) is 4.24. The Morgan fingerprint density at radius 2 is 1.71 bits per heavy atom. The van der Waals surface area contributed by atoms with E-state index < -0.39 is 15.6 Å².